The minimum Gasteiger partial charge on any atom is -0.307 e. The topological polar surface area (TPSA) is 137 Å². The van der Waals surface area contributed by atoms with Gasteiger partial charge in [-0.25, -0.2) is 39.9 Å². The van der Waals surface area contributed by atoms with Crippen molar-refractivity contribution in [3.05, 3.63) is 194 Å². The minimum absolute atomic E-state index is 0.119. The Morgan fingerprint density at radius 2 is 0.735 bits per heavy atom. The van der Waals surface area contributed by atoms with Crippen molar-refractivity contribution in [2.24, 2.45) is 0 Å². The number of halogens is 3. The van der Waals surface area contributed by atoms with E-state index in [1.54, 1.807) is 98.1 Å². The molecule has 0 amide bonds. The van der Waals surface area contributed by atoms with Gasteiger partial charge in [0.05, 0.1) is 50.6 Å². The fourth-order valence-corrected chi connectivity index (χ4v) is 9.07. The molecule has 6 aromatic heterocycles. The Hall–Kier alpha value is -9.48. The van der Waals surface area contributed by atoms with Gasteiger partial charge in [0.2, 0.25) is 0 Å². The van der Waals surface area contributed by atoms with E-state index in [9.17, 15) is 5.26 Å². The number of nitriles is 1. The highest BCUT2D eigenvalue weighted by molar-refractivity contribution is 6.13. The number of hydrogen-bond acceptors (Lipinski definition) is 9. The van der Waals surface area contributed by atoms with Crippen molar-refractivity contribution < 1.29 is 13.2 Å². The molecule has 322 valence electrons. The summed E-state index contributed by atoms with van der Waals surface area (Å²) in [5, 5.41) is 13.2. The van der Waals surface area contributed by atoms with E-state index in [0.717, 1.165) is 21.5 Å². The summed E-state index contributed by atoms with van der Waals surface area (Å²) in [6.45, 7) is 0. The van der Waals surface area contributed by atoms with Crippen LogP contribution in [0.3, 0.4) is 0 Å². The highest BCUT2D eigenvalue weighted by Gasteiger charge is 2.36. The summed E-state index contributed by atoms with van der Waals surface area (Å²) < 4.78 is 52.0. The number of hydrogen-bond donors (Lipinski definition) is 0. The Kier molecular flexibility index (Phi) is 9.36. The van der Waals surface area contributed by atoms with Crippen molar-refractivity contribution in [1.82, 2.24) is 49.0 Å². The van der Waals surface area contributed by atoms with Crippen LogP contribution in [0.15, 0.2) is 183 Å². The summed E-state index contributed by atoms with van der Waals surface area (Å²) in [7, 11) is 0. The van der Waals surface area contributed by atoms with Crippen LogP contribution in [-0.4, -0.2) is 49.0 Å². The molecule has 6 aromatic carbocycles. The van der Waals surface area contributed by atoms with E-state index in [0.29, 0.717) is 73.3 Å². The second kappa shape index (κ2) is 15.9. The van der Waals surface area contributed by atoms with Gasteiger partial charge in [-0.05, 0) is 83.9 Å². The smallest absolute Gasteiger partial charge is 0.307 e. The molecule has 0 unspecified atom stereocenters. The van der Waals surface area contributed by atoms with Gasteiger partial charge in [0.25, 0.3) is 0 Å². The molecule has 11 nitrogen and oxygen atoms in total. The first kappa shape index (κ1) is 40.1. The van der Waals surface area contributed by atoms with E-state index in [2.05, 4.69) is 45.9 Å². The molecule has 0 fully saturated rings. The first-order valence-corrected chi connectivity index (χ1v) is 21.3. The molecule has 0 aliphatic heterocycles. The van der Waals surface area contributed by atoms with Crippen molar-refractivity contribution in [2.75, 3.05) is 0 Å². The minimum atomic E-state index is -4.85. The van der Waals surface area contributed by atoms with Crippen molar-refractivity contribution in [1.29, 1.82) is 5.26 Å². The van der Waals surface area contributed by atoms with Crippen LogP contribution in [0.25, 0.3) is 112 Å². The van der Waals surface area contributed by atoms with Crippen LogP contribution in [0, 0.1) is 11.3 Å². The van der Waals surface area contributed by atoms with Gasteiger partial charge in [-0.1, -0.05) is 60.7 Å². The number of nitrogens with zero attached hydrogens (tertiary/aromatic N) is 11. The molecule has 0 saturated heterocycles. The van der Waals surface area contributed by atoms with E-state index < -0.39 is 11.7 Å². The summed E-state index contributed by atoms with van der Waals surface area (Å²) in [6, 6.07) is 41.4. The van der Waals surface area contributed by atoms with Gasteiger partial charge in [0.15, 0.2) is 23.3 Å². The van der Waals surface area contributed by atoms with Gasteiger partial charge >= 0.3 is 6.18 Å². The van der Waals surface area contributed by atoms with E-state index in [-0.39, 0.29) is 22.4 Å². The van der Waals surface area contributed by atoms with E-state index >= 15 is 13.2 Å². The third-order valence-corrected chi connectivity index (χ3v) is 12.0. The zero-order valence-electron chi connectivity index (χ0n) is 35.4. The number of alkyl halides is 3. The predicted octanol–water partition coefficient (Wildman–Crippen LogP) is 12.3. The second-order valence-electron chi connectivity index (χ2n) is 16.0. The molecular formula is C54H30F3N11. The summed E-state index contributed by atoms with van der Waals surface area (Å²) in [6.07, 6.45) is 8.38. The third-order valence-electron chi connectivity index (χ3n) is 12.0. The van der Waals surface area contributed by atoms with Gasteiger partial charge in [-0.2, -0.15) is 18.4 Å². The first-order valence-electron chi connectivity index (χ1n) is 21.3. The molecule has 12 aromatic rings. The third kappa shape index (κ3) is 6.76. The summed E-state index contributed by atoms with van der Waals surface area (Å²) in [5.74, 6) is 1.84. The molecule has 0 spiro atoms. The average molecular weight is 890 g/mol. The normalized spacial score (nSPS) is 11.7. The van der Waals surface area contributed by atoms with Gasteiger partial charge in [-0.3, -0.25) is 0 Å². The lowest BCUT2D eigenvalue weighted by molar-refractivity contribution is -0.137. The van der Waals surface area contributed by atoms with Crippen LogP contribution in [0.1, 0.15) is 11.1 Å². The Bertz CT molecular complexity index is 3770. The maximum atomic E-state index is 16.1. The highest BCUT2D eigenvalue weighted by Crippen LogP contribution is 2.46. The van der Waals surface area contributed by atoms with Gasteiger partial charge in [0.1, 0.15) is 0 Å². The summed E-state index contributed by atoms with van der Waals surface area (Å²) in [5.41, 5.74) is 5.27. The lowest BCUT2D eigenvalue weighted by Crippen LogP contribution is -2.12. The van der Waals surface area contributed by atoms with E-state index in [1.807, 2.05) is 81.9 Å². The Labute approximate surface area is 384 Å². The van der Waals surface area contributed by atoms with Crippen LogP contribution in [-0.2, 0) is 6.18 Å². The molecule has 12 rings (SSSR count). The molecule has 0 radical (unpaired) electrons. The highest BCUT2D eigenvalue weighted by atomic mass is 19.4. The quantitative estimate of drug-likeness (QED) is 0.153. The molecule has 0 bridgehead atoms. The lowest BCUT2D eigenvalue weighted by Gasteiger charge is -2.22. The molecular weight excluding hydrogens is 860 g/mol. The van der Waals surface area contributed by atoms with Gasteiger partial charge in [0, 0.05) is 93.4 Å². The average Bonchev–Trinajstić information content (AvgIpc) is 3.90. The zero-order chi connectivity index (χ0) is 45.9. The number of rotatable bonds is 7. The van der Waals surface area contributed by atoms with Crippen LogP contribution >= 0.6 is 0 Å². The molecule has 68 heavy (non-hydrogen) atoms. The van der Waals surface area contributed by atoms with Crippen molar-refractivity contribution >= 4 is 43.6 Å². The van der Waals surface area contributed by atoms with Crippen LogP contribution < -0.4 is 0 Å². The Morgan fingerprint density at radius 3 is 1.07 bits per heavy atom. The van der Waals surface area contributed by atoms with Gasteiger partial charge < -0.3 is 9.13 Å². The molecule has 0 aliphatic carbocycles. The standard InChI is InChI=1S/C54H30F3N11/c55-54(56,57)43-30-49(68-46-27-36(52-63-20-4-21-64-52)10-14-40(46)41-15-11-37(28-47(41)68)53-65-22-5-23-66-53)48(29-42(43)33-7-1-6-32(24-33)31-58)67-44-25-34(50-59-16-2-17-60-50)8-12-38(44)39-13-9-35(26-45(39)67)51-61-18-3-19-62-51/h1-30H. The molecule has 0 aliphatic rings. The molecule has 14 heteroatoms. The number of fused-ring (bicyclic) bond motifs is 6. The summed E-state index contributed by atoms with van der Waals surface area (Å²) >= 11 is 0. The molecule has 0 saturated carbocycles. The summed E-state index contributed by atoms with van der Waals surface area (Å²) in [4.78, 5) is 36.3. The fraction of sp³-hybridized carbons (Fsp3) is 0.0185. The molecule has 0 atom stereocenters. The SMILES string of the molecule is N#Cc1cccc(-c2cc(-n3c4cc(-c5ncccn5)ccc4c4ccc(-c5ncccn5)cc43)c(-n3c4cc(-c5ncccn5)ccc4c4ccc(-c5ncccn5)cc43)cc2C(F)(F)F)c1. The maximum absolute atomic E-state index is 16.1. The maximum Gasteiger partial charge on any atom is 0.417 e. The molecule has 0 N–H and O–H groups in total. The predicted molar refractivity (Wildman–Crippen MR) is 254 cm³/mol. The first-order chi connectivity index (χ1) is 33.3. The van der Waals surface area contributed by atoms with Crippen LogP contribution in [0.2, 0.25) is 0 Å². The van der Waals surface area contributed by atoms with Crippen molar-refractivity contribution in [3.8, 4) is 74.1 Å². The van der Waals surface area contributed by atoms with Crippen molar-refractivity contribution in [3.63, 3.8) is 0 Å². The van der Waals surface area contributed by atoms with Gasteiger partial charge in [-0.15, -0.1) is 0 Å². The van der Waals surface area contributed by atoms with E-state index in [1.165, 1.54) is 12.1 Å². The van der Waals surface area contributed by atoms with Crippen LogP contribution in [0.5, 0.6) is 0 Å². The largest absolute Gasteiger partial charge is 0.417 e. The Morgan fingerprint density at radius 1 is 0.382 bits per heavy atom. The monoisotopic (exact) mass is 889 g/mol. The molecule has 6 heterocycles. The van der Waals surface area contributed by atoms with Crippen LogP contribution in [0.4, 0.5) is 13.2 Å². The number of aromatic nitrogens is 10. The second-order valence-corrected chi connectivity index (χ2v) is 16.0. The lowest BCUT2D eigenvalue weighted by atomic mass is 9.95. The Balaban J connectivity index is 1.28. The van der Waals surface area contributed by atoms with Crippen molar-refractivity contribution in [2.45, 2.75) is 6.18 Å². The zero-order valence-corrected chi connectivity index (χ0v) is 35.4. The fourth-order valence-electron chi connectivity index (χ4n) is 9.07. The van der Waals surface area contributed by atoms with E-state index in [4.69, 9.17) is 0 Å². The number of benzene rings is 6.